The summed E-state index contributed by atoms with van der Waals surface area (Å²) in [5.74, 6) is 0. The van der Waals surface area contributed by atoms with Crippen molar-refractivity contribution in [3.05, 3.63) is 71.5 Å². The second kappa shape index (κ2) is 9.15. The molecule has 2 aromatic carbocycles. The van der Waals surface area contributed by atoms with Gasteiger partial charge in [-0.2, -0.15) is 0 Å². The predicted octanol–water partition coefficient (Wildman–Crippen LogP) is 5.74. The van der Waals surface area contributed by atoms with Gasteiger partial charge >= 0.3 is 6.03 Å². The molecule has 3 N–H and O–H groups in total. The lowest BCUT2D eigenvalue weighted by molar-refractivity contribution is 0.252. The molecule has 0 atom stereocenters. The van der Waals surface area contributed by atoms with Gasteiger partial charge in [-0.15, -0.1) is 10.2 Å². The fourth-order valence-corrected chi connectivity index (χ4v) is 5.36. The van der Waals surface area contributed by atoms with Gasteiger partial charge in [0.25, 0.3) is 0 Å². The Morgan fingerprint density at radius 3 is 2.97 bits per heavy atom. The average molecular weight is 481 g/mol. The van der Waals surface area contributed by atoms with Crippen LogP contribution in [0.4, 0.5) is 9.93 Å². The first-order chi connectivity index (χ1) is 15.7. The summed E-state index contributed by atoms with van der Waals surface area (Å²) in [5.41, 5.74) is 3.08. The van der Waals surface area contributed by atoms with Gasteiger partial charge in [-0.25, -0.2) is 4.79 Å². The molecule has 0 spiro atoms. The molecular weight excluding hydrogens is 464 g/mol. The van der Waals surface area contributed by atoms with Crippen LogP contribution in [-0.4, -0.2) is 32.7 Å². The molecule has 0 saturated heterocycles. The van der Waals surface area contributed by atoms with E-state index in [4.69, 9.17) is 11.6 Å². The van der Waals surface area contributed by atoms with Crippen LogP contribution in [0.3, 0.4) is 0 Å². The number of carbonyl (C=O) groups is 1. The maximum absolute atomic E-state index is 12.3. The molecule has 5 rings (SSSR count). The molecular formula is C22H17ClN6OS2. The van der Waals surface area contributed by atoms with Crippen molar-refractivity contribution in [1.82, 2.24) is 25.5 Å². The largest absolute Gasteiger partial charge is 0.361 e. The Kier molecular flexibility index (Phi) is 5.93. The third-order valence-corrected chi connectivity index (χ3v) is 7.04. The Balaban J connectivity index is 1.18. The molecule has 0 bridgehead atoms. The molecule has 0 unspecified atom stereocenters. The number of H-pyrrole nitrogens is 1. The second-order valence-electron chi connectivity index (χ2n) is 6.94. The standard InChI is InChI=1S/C22H17ClN6OS2/c23-14-5-6-16-18(11-14)24-10-8-19(16)31-22-29-28-21(32-22)27-20(30)25-9-7-13-12-26-17-4-2-1-3-15(13)17/h1-6,8,10-12,26H,7,9H2,(H2,25,27,28,30). The van der Waals surface area contributed by atoms with E-state index in [1.54, 1.807) is 6.20 Å². The van der Waals surface area contributed by atoms with Gasteiger partial charge in [0.2, 0.25) is 5.13 Å². The number of amides is 2. The Hall–Kier alpha value is -3.14. The van der Waals surface area contributed by atoms with Crippen molar-refractivity contribution in [3.8, 4) is 0 Å². The highest BCUT2D eigenvalue weighted by Crippen LogP contribution is 2.36. The molecule has 32 heavy (non-hydrogen) atoms. The number of anilines is 1. The molecule has 10 heteroatoms. The van der Waals surface area contributed by atoms with Crippen molar-refractivity contribution in [2.45, 2.75) is 15.7 Å². The molecule has 3 aromatic heterocycles. The van der Waals surface area contributed by atoms with E-state index in [2.05, 4.69) is 36.9 Å². The first-order valence-corrected chi connectivity index (χ1v) is 11.8. The lowest BCUT2D eigenvalue weighted by atomic mass is 10.1. The van der Waals surface area contributed by atoms with E-state index in [0.717, 1.165) is 32.1 Å². The fourth-order valence-electron chi connectivity index (χ4n) is 3.37. The van der Waals surface area contributed by atoms with Crippen LogP contribution in [-0.2, 0) is 6.42 Å². The molecule has 0 fully saturated rings. The Bertz CT molecular complexity index is 1420. The van der Waals surface area contributed by atoms with Crippen molar-refractivity contribution < 1.29 is 4.79 Å². The number of aromatic nitrogens is 4. The number of urea groups is 1. The van der Waals surface area contributed by atoms with Crippen molar-refractivity contribution in [1.29, 1.82) is 0 Å². The summed E-state index contributed by atoms with van der Waals surface area (Å²) in [6, 6.07) is 15.3. The number of carbonyl (C=O) groups excluding carboxylic acids is 1. The zero-order chi connectivity index (χ0) is 21.9. The quantitative estimate of drug-likeness (QED) is 0.269. The predicted molar refractivity (Wildman–Crippen MR) is 130 cm³/mol. The van der Waals surface area contributed by atoms with E-state index in [1.165, 1.54) is 34.0 Å². The maximum Gasteiger partial charge on any atom is 0.321 e. The Morgan fingerprint density at radius 1 is 1.12 bits per heavy atom. The van der Waals surface area contributed by atoms with E-state index >= 15 is 0 Å². The van der Waals surface area contributed by atoms with Gasteiger partial charge in [-0.1, -0.05) is 59.0 Å². The van der Waals surface area contributed by atoms with Crippen molar-refractivity contribution >= 4 is 67.7 Å². The summed E-state index contributed by atoms with van der Waals surface area (Å²) in [4.78, 5) is 20.9. The molecule has 0 radical (unpaired) electrons. The van der Waals surface area contributed by atoms with E-state index in [1.807, 2.05) is 48.7 Å². The molecule has 0 saturated carbocycles. The third-order valence-electron chi connectivity index (χ3n) is 4.84. The number of nitrogens with one attached hydrogen (secondary N) is 3. The molecule has 160 valence electrons. The van der Waals surface area contributed by atoms with Crippen molar-refractivity contribution in [3.63, 3.8) is 0 Å². The summed E-state index contributed by atoms with van der Waals surface area (Å²) < 4.78 is 0.724. The Morgan fingerprint density at radius 2 is 2.03 bits per heavy atom. The molecule has 0 aliphatic rings. The number of hydrogen-bond donors (Lipinski definition) is 3. The van der Waals surface area contributed by atoms with Gasteiger partial charge in [0.05, 0.1) is 5.52 Å². The van der Waals surface area contributed by atoms with Crippen LogP contribution in [0.25, 0.3) is 21.8 Å². The van der Waals surface area contributed by atoms with Gasteiger partial charge in [0, 0.05) is 45.1 Å². The average Bonchev–Trinajstić information content (AvgIpc) is 3.40. The second-order valence-corrected chi connectivity index (χ2v) is 9.64. The molecule has 0 aliphatic heterocycles. The van der Waals surface area contributed by atoms with Crippen LogP contribution in [0.2, 0.25) is 5.02 Å². The lowest BCUT2D eigenvalue weighted by Crippen LogP contribution is -2.30. The van der Waals surface area contributed by atoms with Crippen LogP contribution in [0.15, 0.2) is 70.2 Å². The number of benzene rings is 2. The van der Waals surface area contributed by atoms with Crippen molar-refractivity contribution in [2.75, 3.05) is 11.9 Å². The van der Waals surface area contributed by atoms with Crippen LogP contribution in [0.1, 0.15) is 5.56 Å². The molecule has 7 nitrogen and oxygen atoms in total. The first kappa shape index (κ1) is 20.7. The number of aromatic amines is 1. The number of halogens is 1. The molecule has 0 aliphatic carbocycles. The van der Waals surface area contributed by atoms with E-state index < -0.39 is 0 Å². The van der Waals surface area contributed by atoms with Gasteiger partial charge < -0.3 is 10.3 Å². The number of hydrogen-bond acceptors (Lipinski definition) is 6. The number of pyridine rings is 1. The third kappa shape index (κ3) is 4.55. The highest BCUT2D eigenvalue weighted by Gasteiger charge is 2.12. The van der Waals surface area contributed by atoms with Crippen LogP contribution in [0.5, 0.6) is 0 Å². The highest BCUT2D eigenvalue weighted by molar-refractivity contribution is 8.01. The van der Waals surface area contributed by atoms with Gasteiger partial charge in [0.15, 0.2) is 4.34 Å². The monoisotopic (exact) mass is 480 g/mol. The minimum absolute atomic E-state index is 0.304. The minimum atomic E-state index is -0.304. The smallest absolute Gasteiger partial charge is 0.321 e. The topological polar surface area (TPSA) is 95.6 Å². The van der Waals surface area contributed by atoms with E-state index in [0.29, 0.717) is 16.7 Å². The normalized spacial score (nSPS) is 11.2. The van der Waals surface area contributed by atoms with E-state index in [9.17, 15) is 4.79 Å². The van der Waals surface area contributed by atoms with Gasteiger partial charge in [0.1, 0.15) is 0 Å². The summed E-state index contributed by atoms with van der Waals surface area (Å²) in [5, 5.41) is 17.1. The van der Waals surface area contributed by atoms with Crippen molar-refractivity contribution in [2.24, 2.45) is 0 Å². The number of para-hydroxylation sites is 1. The number of rotatable bonds is 6. The van der Waals surface area contributed by atoms with Gasteiger partial charge in [-0.3, -0.25) is 10.3 Å². The van der Waals surface area contributed by atoms with Gasteiger partial charge in [-0.05, 0) is 36.2 Å². The molecule has 5 aromatic rings. The highest BCUT2D eigenvalue weighted by atomic mass is 35.5. The number of nitrogens with zero attached hydrogens (tertiary/aromatic N) is 3. The van der Waals surface area contributed by atoms with Crippen LogP contribution in [0, 0.1) is 0 Å². The fraction of sp³-hybridized carbons (Fsp3) is 0.0909. The van der Waals surface area contributed by atoms with Crippen LogP contribution < -0.4 is 10.6 Å². The summed E-state index contributed by atoms with van der Waals surface area (Å²) in [7, 11) is 0. The summed E-state index contributed by atoms with van der Waals surface area (Å²) in [6.07, 6.45) is 4.45. The molecule has 2 amide bonds. The van der Waals surface area contributed by atoms with E-state index in [-0.39, 0.29) is 6.03 Å². The number of fused-ring (bicyclic) bond motifs is 2. The zero-order valence-corrected chi connectivity index (χ0v) is 19.0. The minimum Gasteiger partial charge on any atom is -0.361 e. The first-order valence-electron chi connectivity index (χ1n) is 9.81. The molecule has 3 heterocycles. The lowest BCUT2D eigenvalue weighted by Gasteiger charge is -2.04. The maximum atomic E-state index is 12.3. The zero-order valence-electron chi connectivity index (χ0n) is 16.6. The summed E-state index contributed by atoms with van der Waals surface area (Å²) in [6.45, 7) is 0.514. The Labute approximate surface area is 196 Å². The summed E-state index contributed by atoms with van der Waals surface area (Å²) >= 11 is 8.85. The van der Waals surface area contributed by atoms with Crippen LogP contribution >= 0.6 is 34.7 Å². The SMILES string of the molecule is O=C(NCCc1c[nH]c2ccccc12)Nc1nnc(Sc2ccnc3cc(Cl)ccc23)s1.